The lowest BCUT2D eigenvalue weighted by molar-refractivity contribution is -0.139. The van der Waals surface area contributed by atoms with E-state index in [2.05, 4.69) is 33.9 Å². The summed E-state index contributed by atoms with van der Waals surface area (Å²) in [6.07, 6.45) is 5.45. The summed E-state index contributed by atoms with van der Waals surface area (Å²) < 4.78 is 5.51. The van der Waals surface area contributed by atoms with Crippen LogP contribution in [0.3, 0.4) is 0 Å². The molecule has 4 aliphatic rings. The van der Waals surface area contributed by atoms with E-state index in [1.54, 1.807) is 0 Å². The van der Waals surface area contributed by atoms with Crippen LogP contribution in [-0.4, -0.2) is 83.7 Å². The average Bonchev–Trinajstić information content (AvgIpc) is 3.38. The Morgan fingerprint density at radius 1 is 1.17 bits per heavy atom. The number of ether oxygens (including phenoxy) is 1. The number of hydrogen-bond donors (Lipinski definition) is 1. The molecule has 1 aromatic rings. The third-order valence-corrected chi connectivity index (χ3v) is 7.83. The van der Waals surface area contributed by atoms with Crippen LogP contribution in [0.5, 0.6) is 5.75 Å². The van der Waals surface area contributed by atoms with Crippen molar-refractivity contribution in [1.29, 1.82) is 0 Å². The zero-order chi connectivity index (χ0) is 20.0. The highest BCUT2D eigenvalue weighted by atomic mass is 16.5. The Kier molecular flexibility index (Phi) is 5.04. The summed E-state index contributed by atoms with van der Waals surface area (Å²) in [5.41, 5.74) is 1.04. The van der Waals surface area contributed by atoms with Crippen LogP contribution in [0, 0.1) is 5.92 Å². The van der Waals surface area contributed by atoms with Crippen LogP contribution >= 0.6 is 0 Å². The molecule has 0 aromatic heterocycles. The molecule has 1 aromatic carbocycles. The molecule has 1 amide bonds. The highest BCUT2D eigenvalue weighted by molar-refractivity contribution is 5.90. The van der Waals surface area contributed by atoms with Crippen molar-refractivity contribution >= 4 is 5.91 Å². The number of aliphatic hydroxyl groups is 1. The molecular formula is C23H33N3O3. The van der Waals surface area contributed by atoms with Crippen molar-refractivity contribution in [3.05, 3.63) is 29.8 Å². The van der Waals surface area contributed by atoms with Crippen molar-refractivity contribution in [2.45, 2.75) is 49.7 Å². The summed E-state index contributed by atoms with van der Waals surface area (Å²) in [5.74, 6) is 1.66. The Labute approximate surface area is 173 Å². The second-order valence-electron chi connectivity index (χ2n) is 9.30. The molecule has 4 heterocycles. The monoisotopic (exact) mass is 399 g/mol. The molecular weight excluding hydrogens is 366 g/mol. The summed E-state index contributed by atoms with van der Waals surface area (Å²) in [6, 6.07) is 9.04. The lowest BCUT2D eigenvalue weighted by atomic mass is 9.85. The first-order valence-corrected chi connectivity index (χ1v) is 11.2. The summed E-state index contributed by atoms with van der Waals surface area (Å²) in [7, 11) is 2.18. The molecule has 0 radical (unpaired) electrons. The van der Waals surface area contributed by atoms with E-state index in [-0.39, 0.29) is 12.1 Å². The molecule has 5 rings (SSSR count). The minimum absolute atomic E-state index is 0.0260. The molecule has 4 aliphatic heterocycles. The van der Waals surface area contributed by atoms with E-state index in [0.29, 0.717) is 30.5 Å². The van der Waals surface area contributed by atoms with Gasteiger partial charge in [-0.25, -0.2) is 0 Å². The van der Waals surface area contributed by atoms with E-state index in [1.165, 1.54) is 5.56 Å². The number of rotatable bonds is 5. The van der Waals surface area contributed by atoms with Crippen LogP contribution in [0.25, 0.3) is 0 Å². The quantitative estimate of drug-likeness (QED) is 0.820. The molecule has 4 saturated heterocycles. The molecule has 0 bridgehead atoms. The van der Waals surface area contributed by atoms with Gasteiger partial charge in [0.2, 0.25) is 5.91 Å². The van der Waals surface area contributed by atoms with E-state index in [1.807, 2.05) is 12.1 Å². The third-order valence-electron chi connectivity index (χ3n) is 7.83. The SMILES string of the molecule is CN1CCC(N2C[C@@H]3C[C@@H](c4ccc(OCCO)cc4)N4CCC[C@@]34C2=O)CC1. The highest BCUT2D eigenvalue weighted by Gasteiger charge is 2.65. The molecule has 0 unspecified atom stereocenters. The fraction of sp³-hybridized carbons (Fsp3) is 0.696. The van der Waals surface area contributed by atoms with Gasteiger partial charge in [-0.3, -0.25) is 9.69 Å². The van der Waals surface area contributed by atoms with Gasteiger partial charge < -0.3 is 19.6 Å². The Balaban J connectivity index is 1.34. The standard InChI is InChI=1S/C23H33N3O3/c1-24-11-7-19(8-12-24)25-16-18-15-21(26-10-2-9-23(18,26)22(25)28)17-3-5-20(6-4-17)29-14-13-27/h3-6,18-19,21,27H,2,7-16H2,1H3/t18-,21-,23-/m0/s1. The largest absolute Gasteiger partial charge is 0.491 e. The molecule has 4 fully saturated rings. The maximum atomic E-state index is 13.7. The topological polar surface area (TPSA) is 56.2 Å². The zero-order valence-electron chi connectivity index (χ0n) is 17.4. The summed E-state index contributed by atoms with van der Waals surface area (Å²) in [4.78, 5) is 20.9. The van der Waals surface area contributed by atoms with Crippen molar-refractivity contribution in [3.8, 4) is 5.75 Å². The molecule has 29 heavy (non-hydrogen) atoms. The number of hydrogen-bond acceptors (Lipinski definition) is 5. The van der Waals surface area contributed by atoms with Crippen LogP contribution in [0.1, 0.15) is 43.7 Å². The van der Waals surface area contributed by atoms with Gasteiger partial charge in [0.1, 0.15) is 17.9 Å². The van der Waals surface area contributed by atoms with Gasteiger partial charge in [-0.2, -0.15) is 0 Å². The van der Waals surface area contributed by atoms with Gasteiger partial charge in [0.15, 0.2) is 0 Å². The summed E-state index contributed by atoms with van der Waals surface area (Å²) >= 11 is 0. The number of benzene rings is 1. The number of aliphatic hydroxyl groups excluding tert-OH is 1. The van der Waals surface area contributed by atoms with E-state index < -0.39 is 0 Å². The number of amides is 1. The first-order valence-electron chi connectivity index (χ1n) is 11.2. The van der Waals surface area contributed by atoms with Crippen molar-refractivity contribution in [2.24, 2.45) is 5.92 Å². The first-order chi connectivity index (χ1) is 14.1. The minimum Gasteiger partial charge on any atom is -0.491 e. The molecule has 3 atom stereocenters. The Morgan fingerprint density at radius 2 is 1.93 bits per heavy atom. The van der Waals surface area contributed by atoms with E-state index in [0.717, 1.165) is 64.0 Å². The number of carbonyl (C=O) groups excluding carboxylic acids is 1. The molecule has 6 heteroatoms. The summed E-state index contributed by atoms with van der Waals surface area (Å²) in [5, 5.41) is 8.93. The zero-order valence-corrected chi connectivity index (χ0v) is 17.4. The van der Waals surface area contributed by atoms with Crippen LogP contribution < -0.4 is 4.74 Å². The average molecular weight is 400 g/mol. The predicted molar refractivity (Wildman–Crippen MR) is 111 cm³/mol. The van der Waals surface area contributed by atoms with Crippen LogP contribution in [0.4, 0.5) is 0 Å². The van der Waals surface area contributed by atoms with Crippen LogP contribution in [-0.2, 0) is 4.79 Å². The summed E-state index contributed by atoms with van der Waals surface area (Å²) in [6.45, 7) is 4.51. The normalized spacial score (nSPS) is 33.3. The Bertz CT molecular complexity index is 746. The van der Waals surface area contributed by atoms with Gasteiger partial charge >= 0.3 is 0 Å². The molecule has 158 valence electrons. The fourth-order valence-electron chi connectivity index (χ4n) is 6.41. The highest BCUT2D eigenvalue weighted by Crippen LogP contribution is 2.56. The van der Waals surface area contributed by atoms with Crippen molar-refractivity contribution < 1.29 is 14.6 Å². The van der Waals surface area contributed by atoms with Gasteiger partial charge in [0.25, 0.3) is 0 Å². The van der Waals surface area contributed by atoms with Gasteiger partial charge in [0, 0.05) is 24.5 Å². The second-order valence-corrected chi connectivity index (χ2v) is 9.30. The van der Waals surface area contributed by atoms with E-state index in [9.17, 15) is 4.79 Å². The Morgan fingerprint density at radius 3 is 2.66 bits per heavy atom. The maximum Gasteiger partial charge on any atom is 0.243 e. The van der Waals surface area contributed by atoms with Crippen molar-refractivity contribution in [3.63, 3.8) is 0 Å². The number of piperidine rings is 1. The van der Waals surface area contributed by atoms with Crippen LogP contribution in [0.15, 0.2) is 24.3 Å². The molecule has 0 aliphatic carbocycles. The predicted octanol–water partition coefficient (Wildman–Crippen LogP) is 1.89. The molecule has 1 N–H and O–H groups in total. The smallest absolute Gasteiger partial charge is 0.243 e. The lowest BCUT2D eigenvalue weighted by Crippen LogP contribution is -2.52. The minimum atomic E-state index is -0.250. The molecule has 0 saturated carbocycles. The number of nitrogens with zero attached hydrogens (tertiary/aromatic N) is 3. The van der Waals surface area contributed by atoms with Crippen molar-refractivity contribution in [1.82, 2.24) is 14.7 Å². The van der Waals surface area contributed by atoms with Crippen molar-refractivity contribution in [2.75, 3.05) is 46.4 Å². The third kappa shape index (κ3) is 3.07. The number of likely N-dealkylation sites (tertiary alicyclic amines) is 2. The second kappa shape index (κ2) is 7.56. The maximum absolute atomic E-state index is 13.7. The van der Waals surface area contributed by atoms with Gasteiger partial charge in [-0.1, -0.05) is 12.1 Å². The van der Waals surface area contributed by atoms with E-state index in [4.69, 9.17) is 9.84 Å². The molecule has 1 spiro atoms. The van der Waals surface area contributed by atoms with Gasteiger partial charge in [-0.05, 0) is 76.5 Å². The first kappa shape index (κ1) is 19.3. The lowest BCUT2D eigenvalue weighted by Gasteiger charge is -2.38. The van der Waals surface area contributed by atoms with Crippen LogP contribution in [0.2, 0.25) is 0 Å². The molecule has 6 nitrogen and oxygen atoms in total. The Hall–Kier alpha value is -1.63. The fourth-order valence-corrected chi connectivity index (χ4v) is 6.41. The van der Waals surface area contributed by atoms with Gasteiger partial charge in [0.05, 0.1) is 6.61 Å². The van der Waals surface area contributed by atoms with Gasteiger partial charge in [-0.15, -0.1) is 0 Å². The van der Waals surface area contributed by atoms with E-state index >= 15 is 0 Å². The number of carbonyl (C=O) groups is 1.